The molecule has 0 bridgehead atoms. The molecule has 15 heavy (non-hydrogen) atoms. The summed E-state index contributed by atoms with van der Waals surface area (Å²) in [6, 6.07) is 2.11. The Kier molecular flexibility index (Phi) is 5.71. The van der Waals surface area contributed by atoms with Crippen molar-refractivity contribution < 1.29 is 9.53 Å². The van der Waals surface area contributed by atoms with E-state index in [0.29, 0.717) is 0 Å². The largest absolute Gasteiger partial charge is 0.469 e. The van der Waals surface area contributed by atoms with Gasteiger partial charge in [-0.2, -0.15) is 11.8 Å². The fourth-order valence-corrected chi connectivity index (χ4v) is 3.68. The van der Waals surface area contributed by atoms with Gasteiger partial charge in [0.05, 0.1) is 13.0 Å². The number of thioether (sulfide) groups is 1. The van der Waals surface area contributed by atoms with Crippen LogP contribution in [0.25, 0.3) is 0 Å². The molecule has 1 aromatic rings. The smallest absolute Gasteiger partial charge is 0.309 e. The minimum Gasteiger partial charge on any atom is -0.469 e. The van der Waals surface area contributed by atoms with Gasteiger partial charge >= 0.3 is 5.97 Å². The number of ether oxygens (including phenoxy) is 1. The molecular weight excluding hydrogens is 296 g/mol. The van der Waals surface area contributed by atoms with Gasteiger partial charge in [-0.1, -0.05) is 6.92 Å². The average Bonchev–Trinajstić information content (AvgIpc) is 2.63. The van der Waals surface area contributed by atoms with Crippen LogP contribution in [-0.4, -0.2) is 18.8 Å². The maximum absolute atomic E-state index is 11.1. The molecule has 0 spiro atoms. The van der Waals surface area contributed by atoms with Crippen LogP contribution in [0.2, 0.25) is 0 Å². The summed E-state index contributed by atoms with van der Waals surface area (Å²) < 4.78 is 5.79. The van der Waals surface area contributed by atoms with E-state index in [2.05, 4.69) is 32.1 Å². The van der Waals surface area contributed by atoms with Crippen LogP contribution in [0, 0.1) is 5.92 Å². The summed E-state index contributed by atoms with van der Waals surface area (Å²) in [5, 5.41) is 2.07. The molecule has 0 aliphatic heterocycles. The monoisotopic (exact) mass is 308 g/mol. The molecule has 2 nitrogen and oxygen atoms in total. The van der Waals surface area contributed by atoms with Gasteiger partial charge in [0.15, 0.2) is 0 Å². The third-order valence-corrected chi connectivity index (χ3v) is 4.97. The normalized spacial score (nSPS) is 12.5. The highest BCUT2D eigenvalue weighted by Gasteiger charge is 2.12. The van der Waals surface area contributed by atoms with E-state index >= 15 is 0 Å². The highest BCUT2D eigenvalue weighted by atomic mass is 79.9. The van der Waals surface area contributed by atoms with Crippen molar-refractivity contribution in [2.45, 2.75) is 12.7 Å². The summed E-state index contributed by atoms with van der Waals surface area (Å²) in [4.78, 5) is 12.4. The molecule has 1 rings (SSSR count). The lowest BCUT2D eigenvalue weighted by Gasteiger charge is -2.07. The van der Waals surface area contributed by atoms with Crippen molar-refractivity contribution in [1.82, 2.24) is 0 Å². The molecule has 1 heterocycles. The Hall–Kier alpha value is -0.0000000000000000833. The van der Waals surface area contributed by atoms with E-state index in [-0.39, 0.29) is 11.9 Å². The zero-order valence-electron chi connectivity index (χ0n) is 8.66. The second kappa shape index (κ2) is 6.55. The minimum absolute atomic E-state index is 0.0246. The predicted octanol–water partition coefficient (Wildman–Crippen LogP) is 3.55. The van der Waals surface area contributed by atoms with E-state index in [9.17, 15) is 4.79 Å². The summed E-state index contributed by atoms with van der Waals surface area (Å²) in [6.07, 6.45) is 0. The Balaban J connectivity index is 2.24. The number of methoxy groups -OCH3 is 1. The summed E-state index contributed by atoms with van der Waals surface area (Å²) >= 11 is 6.91. The number of halogens is 1. The first kappa shape index (κ1) is 13.1. The molecule has 5 heteroatoms. The molecule has 0 saturated heterocycles. The molecule has 84 valence electrons. The number of carbonyl (C=O) groups excluding carboxylic acids is 1. The van der Waals surface area contributed by atoms with Crippen molar-refractivity contribution in [2.75, 3.05) is 12.9 Å². The minimum atomic E-state index is -0.130. The van der Waals surface area contributed by atoms with Crippen LogP contribution in [0.3, 0.4) is 0 Å². The van der Waals surface area contributed by atoms with Gasteiger partial charge in [-0.3, -0.25) is 4.79 Å². The van der Waals surface area contributed by atoms with Crippen LogP contribution in [0.5, 0.6) is 0 Å². The van der Waals surface area contributed by atoms with Crippen molar-refractivity contribution >= 4 is 45.0 Å². The first-order valence-electron chi connectivity index (χ1n) is 4.52. The highest BCUT2D eigenvalue weighted by Crippen LogP contribution is 2.24. The van der Waals surface area contributed by atoms with Crippen LogP contribution < -0.4 is 0 Å². The number of rotatable bonds is 5. The SMILES string of the molecule is COC(=O)C(C)CSCc1cc(Br)cs1. The van der Waals surface area contributed by atoms with Crippen LogP contribution in [0.1, 0.15) is 11.8 Å². The van der Waals surface area contributed by atoms with Crippen LogP contribution in [-0.2, 0) is 15.3 Å². The van der Waals surface area contributed by atoms with Gasteiger partial charge < -0.3 is 4.74 Å². The van der Waals surface area contributed by atoms with Gasteiger partial charge in [0.25, 0.3) is 0 Å². The molecule has 0 aromatic carbocycles. The van der Waals surface area contributed by atoms with E-state index in [1.54, 1.807) is 23.1 Å². The summed E-state index contributed by atoms with van der Waals surface area (Å²) in [6.45, 7) is 1.89. The zero-order chi connectivity index (χ0) is 11.3. The topological polar surface area (TPSA) is 26.3 Å². The number of hydrogen-bond donors (Lipinski definition) is 0. The van der Waals surface area contributed by atoms with Gasteiger partial charge in [0, 0.05) is 26.2 Å². The zero-order valence-corrected chi connectivity index (χ0v) is 11.9. The maximum atomic E-state index is 11.1. The maximum Gasteiger partial charge on any atom is 0.309 e. The van der Waals surface area contributed by atoms with E-state index in [0.717, 1.165) is 16.0 Å². The second-order valence-electron chi connectivity index (χ2n) is 3.17. The van der Waals surface area contributed by atoms with Crippen molar-refractivity contribution in [3.63, 3.8) is 0 Å². The van der Waals surface area contributed by atoms with E-state index < -0.39 is 0 Å². The lowest BCUT2D eigenvalue weighted by molar-refractivity contribution is -0.143. The Morgan fingerprint density at radius 1 is 1.73 bits per heavy atom. The standard InChI is InChI=1S/C10H13BrO2S2/c1-7(10(12)13-2)4-14-6-9-3-8(11)5-15-9/h3,5,7H,4,6H2,1-2H3. The third-order valence-electron chi connectivity index (χ3n) is 1.84. The average molecular weight is 309 g/mol. The number of esters is 1. The summed E-state index contributed by atoms with van der Waals surface area (Å²) in [7, 11) is 1.43. The molecule has 1 unspecified atom stereocenters. The fraction of sp³-hybridized carbons (Fsp3) is 0.500. The predicted molar refractivity (Wildman–Crippen MR) is 69.4 cm³/mol. The van der Waals surface area contributed by atoms with Crippen LogP contribution in [0.15, 0.2) is 15.9 Å². The molecule has 0 N–H and O–H groups in total. The molecule has 0 saturated carbocycles. The Labute approximate surface area is 107 Å². The Bertz CT molecular complexity index is 325. The molecule has 1 aromatic heterocycles. The van der Waals surface area contributed by atoms with Crippen molar-refractivity contribution in [1.29, 1.82) is 0 Å². The molecule has 0 aliphatic rings. The lowest BCUT2D eigenvalue weighted by Crippen LogP contribution is -2.14. The highest BCUT2D eigenvalue weighted by molar-refractivity contribution is 9.10. The quantitative estimate of drug-likeness (QED) is 0.778. The molecule has 0 fully saturated rings. The summed E-state index contributed by atoms with van der Waals surface area (Å²) in [5.41, 5.74) is 0. The van der Waals surface area contributed by atoms with Crippen LogP contribution in [0.4, 0.5) is 0 Å². The van der Waals surface area contributed by atoms with Gasteiger partial charge in [-0.25, -0.2) is 0 Å². The number of hydrogen-bond acceptors (Lipinski definition) is 4. The van der Waals surface area contributed by atoms with Gasteiger partial charge in [0.2, 0.25) is 0 Å². The number of carbonyl (C=O) groups is 1. The first-order chi connectivity index (χ1) is 7.13. The summed E-state index contributed by atoms with van der Waals surface area (Å²) in [5.74, 6) is 1.61. The van der Waals surface area contributed by atoms with E-state index in [1.165, 1.54) is 12.0 Å². The fourth-order valence-electron chi connectivity index (χ4n) is 1.04. The number of thiophene rings is 1. The van der Waals surface area contributed by atoms with Crippen molar-refractivity contribution in [3.8, 4) is 0 Å². The second-order valence-corrected chi connectivity index (χ2v) is 6.11. The van der Waals surface area contributed by atoms with Crippen molar-refractivity contribution in [2.24, 2.45) is 5.92 Å². The van der Waals surface area contributed by atoms with Gasteiger partial charge in [0.1, 0.15) is 0 Å². The van der Waals surface area contributed by atoms with Crippen LogP contribution >= 0.6 is 39.0 Å². The third kappa shape index (κ3) is 4.57. The Morgan fingerprint density at radius 2 is 2.47 bits per heavy atom. The molecular formula is C10H13BrO2S2. The molecule has 1 atom stereocenters. The lowest BCUT2D eigenvalue weighted by atomic mass is 10.2. The van der Waals surface area contributed by atoms with Crippen molar-refractivity contribution in [3.05, 3.63) is 20.8 Å². The van der Waals surface area contributed by atoms with Gasteiger partial charge in [-0.15, -0.1) is 11.3 Å². The molecule has 0 amide bonds. The molecule has 0 aliphatic carbocycles. The Morgan fingerprint density at radius 3 is 3.00 bits per heavy atom. The van der Waals surface area contributed by atoms with E-state index in [1.807, 2.05) is 6.92 Å². The molecule has 0 radical (unpaired) electrons. The van der Waals surface area contributed by atoms with E-state index in [4.69, 9.17) is 0 Å². The first-order valence-corrected chi connectivity index (χ1v) is 7.34. The van der Waals surface area contributed by atoms with Gasteiger partial charge in [-0.05, 0) is 22.0 Å².